The van der Waals surface area contributed by atoms with Crippen LogP contribution in [0.5, 0.6) is 0 Å². The molecule has 12 heavy (non-hydrogen) atoms. The molecule has 0 spiro atoms. The summed E-state index contributed by atoms with van der Waals surface area (Å²) < 4.78 is 0. The maximum atomic E-state index is 4.97. The van der Waals surface area contributed by atoms with Gasteiger partial charge in [0.15, 0.2) is 0 Å². The fraction of sp³-hybridized carbons (Fsp3) is 0.250. The van der Waals surface area contributed by atoms with Gasteiger partial charge in [-0.25, -0.2) is 0 Å². The van der Waals surface area contributed by atoms with Crippen LogP contribution in [0.25, 0.3) is 0 Å². The van der Waals surface area contributed by atoms with Crippen molar-refractivity contribution in [1.82, 2.24) is 0 Å². The van der Waals surface area contributed by atoms with Crippen LogP contribution >= 0.6 is 14.7 Å². The van der Waals surface area contributed by atoms with Gasteiger partial charge in [-0.1, -0.05) is 30.5 Å². The van der Waals surface area contributed by atoms with E-state index in [1.165, 1.54) is 16.2 Å². The molecule has 0 radical (unpaired) electrons. The highest BCUT2D eigenvalue weighted by atomic mass is 32.4. The molecule has 0 bridgehead atoms. The van der Waals surface area contributed by atoms with Crippen LogP contribution < -0.4 is 10.6 Å². The van der Waals surface area contributed by atoms with Crippen LogP contribution in [-0.2, 0) is 30.0 Å². The number of hydrogen-bond acceptors (Lipinski definition) is 2. The van der Waals surface area contributed by atoms with Gasteiger partial charge in [0.2, 0.25) is 0 Å². The zero-order valence-electron chi connectivity index (χ0n) is 6.65. The Morgan fingerprint density at radius 1 is 1.08 bits per heavy atom. The van der Waals surface area contributed by atoms with Crippen molar-refractivity contribution in [1.29, 1.82) is 0 Å². The first-order valence-corrected chi connectivity index (χ1v) is 7.42. The first-order valence-electron chi connectivity index (χ1n) is 3.61. The van der Waals surface area contributed by atoms with Crippen molar-refractivity contribution in [3.63, 3.8) is 0 Å². The molecule has 0 amide bonds. The summed E-state index contributed by atoms with van der Waals surface area (Å²) in [6.45, 7) is 2.14. The van der Waals surface area contributed by atoms with Gasteiger partial charge in [-0.15, -0.1) is 0 Å². The highest BCUT2D eigenvalue weighted by molar-refractivity contribution is 8.00. The molecule has 4 heteroatoms. The molecular formula is C8H8P2S2. The lowest BCUT2D eigenvalue weighted by Gasteiger charge is -1.99. The predicted molar refractivity (Wildman–Crippen MR) is 63.7 cm³/mol. The van der Waals surface area contributed by atoms with Crippen molar-refractivity contribution in [2.45, 2.75) is 13.3 Å². The van der Waals surface area contributed by atoms with Crippen LogP contribution in [0.4, 0.5) is 0 Å². The molecule has 0 fully saturated rings. The second-order valence-corrected chi connectivity index (χ2v) is 4.89. The third-order valence-electron chi connectivity index (χ3n) is 1.58. The summed E-state index contributed by atoms with van der Waals surface area (Å²) in [4.78, 5) is 0. The fourth-order valence-corrected chi connectivity index (χ4v) is 2.52. The van der Waals surface area contributed by atoms with Gasteiger partial charge in [-0.3, -0.25) is 0 Å². The van der Waals surface area contributed by atoms with Crippen LogP contribution in [0.15, 0.2) is 18.2 Å². The summed E-state index contributed by atoms with van der Waals surface area (Å²) >= 11 is 9.94. The van der Waals surface area contributed by atoms with E-state index < -0.39 is 0 Å². The van der Waals surface area contributed by atoms with Crippen molar-refractivity contribution in [2.24, 2.45) is 0 Å². The molecule has 1 rings (SSSR count). The Morgan fingerprint density at radius 3 is 1.92 bits per heavy atom. The lowest BCUT2D eigenvalue weighted by atomic mass is 10.2. The maximum Gasteiger partial charge on any atom is 0.0140 e. The van der Waals surface area contributed by atoms with Crippen molar-refractivity contribution >= 4 is 48.9 Å². The summed E-state index contributed by atoms with van der Waals surface area (Å²) in [6.07, 6.45) is 1.05. The quantitative estimate of drug-likeness (QED) is 0.731. The van der Waals surface area contributed by atoms with Crippen LogP contribution in [0.3, 0.4) is 0 Å². The zero-order chi connectivity index (χ0) is 8.97. The van der Waals surface area contributed by atoms with E-state index in [9.17, 15) is 0 Å². The molecule has 62 valence electrons. The molecule has 0 heterocycles. The monoisotopic (exact) mass is 230 g/mol. The lowest BCUT2D eigenvalue weighted by Crippen LogP contribution is -2.03. The highest BCUT2D eigenvalue weighted by Gasteiger charge is 1.96. The number of rotatable bonds is 3. The molecule has 0 aliphatic rings. The molecule has 0 saturated heterocycles. The van der Waals surface area contributed by atoms with Crippen LogP contribution in [0.1, 0.15) is 12.5 Å². The molecule has 1 aromatic carbocycles. The smallest absolute Gasteiger partial charge is 0.0140 e. The Bertz CT molecular complexity index is 284. The minimum absolute atomic E-state index is 0.911. The first-order chi connectivity index (χ1) is 5.80. The van der Waals surface area contributed by atoms with Crippen LogP contribution in [0, 0.1) is 0 Å². The number of hydrogen-bond donors (Lipinski definition) is 0. The van der Waals surface area contributed by atoms with Crippen molar-refractivity contribution in [3.05, 3.63) is 23.8 Å². The second kappa shape index (κ2) is 5.09. The molecule has 0 aliphatic heterocycles. The largest absolute Gasteiger partial charge is 0.0613 e. The molecule has 0 N–H and O–H groups in total. The van der Waals surface area contributed by atoms with E-state index >= 15 is 0 Å². The number of benzene rings is 1. The average molecular weight is 230 g/mol. The van der Waals surface area contributed by atoms with E-state index in [1.807, 2.05) is 0 Å². The zero-order valence-corrected chi connectivity index (χ0v) is 10.1. The topological polar surface area (TPSA) is 0 Å². The van der Waals surface area contributed by atoms with Crippen molar-refractivity contribution in [3.8, 4) is 0 Å². The minimum atomic E-state index is 0.911. The van der Waals surface area contributed by atoms with Gasteiger partial charge < -0.3 is 0 Å². The molecule has 0 nitrogen and oxygen atoms in total. The van der Waals surface area contributed by atoms with E-state index in [-0.39, 0.29) is 0 Å². The van der Waals surface area contributed by atoms with Crippen molar-refractivity contribution in [2.75, 3.05) is 0 Å². The Kier molecular flexibility index (Phi) is 4.39. The number of aryl methyl sites for hydroxylation is 1. The summed E-state index contributed by atoms with van der Waals surface area (Å²) in [6, 6.07) is 6.39. The van der Waals surface area contributed by atoms with Gasteiger partial charge in [0.05, 0.1) is 0 Å². The summed E-state index contributed by atoms with van der Waals surface area (Å²) in [5.74, 6) is 0. The Labute approximate surface area is 86.1 Å². The molecule has 0 aliphatic carbocycles. The minimum Gasteiger partial charge on any atom is -0.0613 e. The van der Waals surface area contributed by atoms with E-state index in [0.29, 0.717) is 0 Å². The van der Waals surface area contributed by atoms with Gasteiger partial charge in [0.1, 0.15) is 0 Å². The van der Waals surface area contributed by atoms with E-state index in [4.69, 9.17) is 23.6 Å². The van der Waals surface area contributed by atoms with Gasteiger partial charge in [0.25, 0.3) is 0 Å². The second-order valence-electron chi connectivity index (χ2n) is 2.39. The van der Waals surface area contributed by atoms with E-state index in [0.717, 1.165) is 21.1 Å². The summed E-state index contributed by atoms with van der Waals surface area (Å²) in [5, 5.41) is 2.38. The van der Waals surface area contributed by atoms with E-state index in [1.54, 1.807) is 0 Å². The van der Waals surface area contributed by atoms with Gasteiger partial charge in [0, 0.05) is 25.3 Å². The maximum absolute atomic E-state index is 4.97. The summed E-state index contributed by atoms with van der Waals surface area (Å²) in [7, 11) is 1.82. The lowest BCUT2D eigenvalue weighted by molar-refractivity contribution is 1.15. The normalized spacial score (nSPS) is 10.8. The van der Waals surface area contributed by atoms with Crippen LogP contribution in [-0.4, -0.2) is 0 Å². The molecule has 1 aromatic rings. The molecule has 0 aromatic heterocycles. The Balaban J connectivity index is 3.18. The molecule has 0 unspecified atom stereocenters. The Hall–Kier alpha value is 0.260. The third kappa shape index (κ3) is 2.64. The highest BCUT2D eigenvalue weighted by Crippen LogP contribution is 2.05. The van der Waals surface area contributed by atoms with Crippen LogP contribution in [0.2, 0.25) is 0 Å². The molecular weight excluding hydrogens is 222 g/mol. The standard InChI is InChI=1S/C8H8P2S2/c1-2-6-3-7(9-11)5-8(4-6)10-12/h3-5H,2H2,1H3. The van der Waals surface area contributed by atoms with Gasteiger partial charge >= 0.3 is 0 Å². The summed E-state index contributed by atoms with van der Waals surface area (Å²) in [5.41, 5.74) is 1.33. The Morgan fingerprint density at radius 2 is 1.58 bits per heavy atom. The van der Waals surface area contributed by atoms with Gasteiger partial charge in [-0.05, 0) is 30.2 Å². The van der Waals surface area contributed by atoms with Gasteiger partial charge in [-0.2, -0.15) is 0 Å². The fourth-order valence-electron chi connectivity index (χ4n) is 0.966. The molecule has 0 saturated carbocycles. The first kappa shape index (κ1) is 10.3. The van der Waals surface area contributed by atoms with E-state index in [2.05, 4.69) is 25.1 Å². The SMILES string of the molecule is CCc1cc(P=S)cc(P=S)c1. The average Bonchev–Trinajstić information content (AvgIpc) is 2.16. The third-order valence-corrected chi connectivity index (χ3v) is 3.78. The van der Waals surface area contributed by atoms with Crippen molar-refractivity contribution < 1.29 is 0 Å². The predicted octanol–water partition coefficient (Wildman–Crippen LogP) is 2.32. The molecule has 0 atom stereocenters.